The van der Waals surface area contributed by atoms with Crippen LogP contribution in [0, 0.1) is 13.8 Å². The van der Waals surface area contributed by atoms with Crippen LogP contribution in [0.4, 0.5) is 0 Å². The molecule has 0 unspecified atom stereocenters. The van der Waals surface area contributed by atoms with Crippen molar-refractivity contribution < 1.29 is 4.79 Å². The molecule has 28 heavy (non-hydrogen) atoms. The summed E-state index contributed by atoms with van der Waals surface area (Å²) < 4.78 is 3.67. The average Bonchev–Trinajstić information content (AvgIpc) is 3.23. The minimum atomic E-state index is 0.00628. The van der Waals surface area contributed by atoms with E-state index in [-0.39, 0.29) is 5.78 Å². The lowest BCUT2D eigenvalue weighted by molar-refractivity contribution is 0.103. The Morgan fingerprint density at radius 2 is 1.18 bits per heavy atom. The molecular formula is C23H22N4O. The van der Waals surface area contributed by atoms with Crippen LogP contribution >= 0.6 is 0 Å². The van der Waals surface area contributed by atoms with Gasteiger partial charge in [0.1, 0.15) is 0 Å². The lowest BCUT2D eigenvalue weighted by Gasteiger charge is -2.07. The third-order valence-electron chi connectivity index (χ3n) is 5.34. The molecule has 0 aliphatic heterocycles. The van der Waals surface area contributed by atoms with Gasteiger partial charge in [0.25, 0.3) is 0 Å². The smallest absolute Gasteiger partial charge is 0.193 e. The van der Waals surface area contributed by atoms with Crippen LogP contribution < -0.4 is 0 Å². The summed E-state index contributed by atoms with van der Waals surface area (Å²) >= 11 is 0. The molecule has 2 aromatic carbocycles. The minimum Gasteiger partial charge on any atom is -0.289 e. The molecule has 0 N–H and O–H groups in total. The van der Waals surface area contributed by atoms with Crippen LogP contribution in [0.5, 0.6) is 0 Å². The Balaban J connectivity index is 1.71. The summed E-state index contributed by atoms with van der Waals surface area (Å²) in [6.45, 7) is 4.05. The Morgan fingerprint density at radius 1 is 0.750 bits per heavy atom. The van der Waals surface area contributed by atoms with E-state index in [4.69, 9.17) is 0 Å². The van der Waals surface area contributed by atoms with E-state index in [1.165, 1.54) is 0 Å². The number of ketones is 1. The normalized spacial score (nSPS) is 11.0. The van der Waals surface area contributed by atoms with E-state index in [2.05, 4.69) is 10.2 Å². The summed E-state index contributed by atoms with van der Waals surface area (Å²) in [4.78, 5) is 13.2. The molecule has 0 radical (unpaired) electrons. The van der Waals surface area contributed by atoms with Crippen LogP contribution in [0.25, 0.3) is 22.3 Å². The van der Waals surface area contributed by atoms with Crippen molar-refractivity contribution in [1.29, 1.82) is 0 Å². The molecule has 0 saturated carbocycles. The van der Waals surface area contributed by atoms with Gasteiger partial charge >= 0.3 is 0 Å². The molecule has 140 valence electrons. The van der Waals surface area contributed by atoms with Crippen molar-refractivity contribution >= 4 is 5.78 Å². The number of aromatic nitrogens is 4. The first kappa shape index (κ1) is 17.9. The van der Waals surface area contributed by atoms with Crippen molar-refractivity contribution in [1.82, 2.24) is 19.6 Å². The van der Waals surface area contributed by atoms with Gasteiger partial charge in [-0.15, -0.1) is 0 Å². The number of hydrogen-bond donors (Lipinski definition) is 0. The molecule has 2 heterocycles. The highest BCUT2D eigenvalue weighted by atomic mass is 16.1. The molecule has 0 aliphatic carbocycles. The first-order valence-corrected chi connectivity index (χ1v) is 9.18. The van der Waals surface area contributed by atoms with Gasteiger partial charge in [-0.1, -0.05) is 36.4 Å². The van der Waals surface area contributed by atoms with E-state index >= 15 is 0 Å². The van der Waals surface area contributed by atoms with Gasteiger partial charge in [0.15, 0.2) is 5.78 Å². The molecule has 0 atom stereocenters. The molecule has 5 heteroatoms. The predicted molar refractivity (Wildman–Crippen MR) is 110 cm³/mol. The molecule has 0 fully saturated rings. The van der Waals surface area contributed by atoms with Crippen molar-refractivity contribution in [2.24, 2.45) is 14.1 Å². The highest BCUT2D eigenvalue weighted by molar-refractivity contribution is 6.10. The highest BCUT2D eigenvalue weighted by Gasteiger charge is 2.14. The van der Waals surface area contributed by atoms with Crippen molar-refractivity contribution in [2.45, 2.75) is 13.8 Å². The van der Waals surface area contributed by atoms with Crippen LogP contribution in [0.2, 0.25) is 0 Å². The van der Waals surface area contributed by atoms with E-state index < -0.39 is 0 Å². The van der Waals surface area contributed by atoms with Crippen LogP contribution in [-0.2, 0) is 14.1 Å². The second kappa shape index (κ2) is 6.93. The summed E-state index contributed by atoms with van der Waals surface area (Å²) in [5.74, 6) is 0.00628. The number of carbonyl (C=O) groups excluding carboxylic acids is 1. The zero-order valence-corrected chi connectivity index (χ0v) is 16.5. The second-order valence-electron chi connectivity index (χ2n) is 7.03. The van der Waals surface area contributed by atoms with Gasteiger partial charge in [0.05, 0.1) is 12.4 Å². The zero-order valence-electron chi connectivity index (χ0n) is 16.5. The number of carbonyl (C=O) groups is 1. The van der Waals surface area contributed by atoms with Crippen LogP contribution in [-0.4, -0.2) is 25.3 Å². The second-order valence-corrected chi connectivity index (χ2v) is 7.03. The van der Waals surface area contributed by atoms with Gasteiger partial charge in [-0.05, 0) is 37.1 Å². The molecule has 2 aromatic heterocycles. The van der Waals surface area contributed by atoms with E-state index in [0.29, 0.717) is 11.1 Å². The number of nitrogens with zero attached hydrogens (tertiary/aromatic N) is 4. The maximum absolute atomic E-state index is 13.2. The van der Waals surface area contributed by atoms with Crippen molar-refractivity contribution in [3.8, 4) is 22.3 Å². The van der Waals surface area contributed by atoms with E-state index in [1.807, 2.05) is 98.2 Å². The van der Waals surface area contributed by atoms with Gasteiger partial charge in [-0.25, -0.2) is 0 Å². The largest absolute Gasteiger partial charge is 0.289 e. The SMILES string of the molecule is Cc1c(-c2cccc(C(=O)c3cccc(-c4cnn(C)c4C)c3)c2)cnn1C. The van der Waals surface area contributed by atoms with Crippen LogP contribution in [0.3, 0.4) is 0 Å². The Labute approximate surface area is 164 Å². The standard InChI is InChI=1S/C23H22N4O/c1-15-21(13-24-26(15)3)17-7-5-9-19(11-17)23(28)20-10-6-8-18(12-20)22-14-25-27(4)16(22)2/h5-14H,1-4H3. The van der Waals surface area contributed by atoms with E-state index in [0.717, 1.165) is 33.6 Å². The minimum absolute atomic E-state index is 0.00628. The molecule has 0 spiro atoms. The lowest BCUT2D eigenvalue weighted by atomic mass is 9.96. The lowest BCUT2D eigenvalue weighted by Crippen LogP contribution is -2.02. The quantitative estimate of drug-likeness (QED) is 0.502. The highest BCUT2D eigenvalue weighted by Crippen LogP contribution is 2.27. The van der Waals surface area contributed by atoms with Gasteiger partial charge in [-0.3, -0.25) is 14.2 Å². The molecule has 4 aromatic rings. The molecule has 0 aliphatic rings. The summed E-state index contributed by atoms with van der Waals surface area (Å²) in [7, 11) is 3.83. The Hall–Kier alpha value is -3.47. The summed E-state index contributed by atoms with van der Waals surface area (Å²) in [5.41, 5.74) is 7.54. The molecule has 0 amide bonds. The predicted octanol–water partition coefficient (Wildman–Crippen LogP) is 4.34. The average molecular weight is 370 g/mol. The molecular weight excluding hydrogens is 348 g/mol. The Morgan fingerprint density at radius 3 is 1.54 bits per heavy atom. The van der Waals surface area contributed by atoms with Gasteiger partial charge in [-0.2, -0.15) is 10.2 Å². The van der Waals surface area contributed by atoms with E-state index in [9.17, 15) is 4.79 Å². The third-order valence-corrected chi connectivity index (χ3v) is 5.34. The van der Waals surface area contributed by atoms with Crippen LogP contribution in [0.15, 0.2) is 60.9 Å². The summed E-state index contributed by atoms with van der Waals surface area (Å²) in [6.07, 6.45) is 3.68. The monoisotopic (exact) mass is 370 g/mol. The van der Waals surface area contributed by atoms with Crippen molar-refractivity contribution in [2.75, 3.05) is 0 Å². The van der Waals surface area contributed by atoms with Gasteiger partial charge < -0.3 is 0 Å². The fourth-order valence-corrected chi connectivity index (χ4v) is 3.39. The summed E-state index contributed by atoms with van der Waals surface area (Å²) in [6, 6.07) is 15.5. The third kappa shape index (κ3) is 3.05. The molecule has 4 rings (SSSR count). The van der Waals surface area contributed by atoms with Crippen LogP contribution in [0.1, 0.15) is 27.3 Å². The Kier molecular flexibility index (Phi) is 4.43. The van der Waals surface area contributed by atoms with Gasteiger partial charge in [0.2, 0.25) is 0 Å². The first-order chi connectivity index (χ1) is 13.5. The molecule has 0 saturated heterocycles. The maximum atomic E-state index is 13.2. The Bertz CT molecular complexity index is 1090. The molecule has 0 bridgehead atoms. The first-order valence-electron chi connectivity index (χ1n) is 9.18. The fourth-order valence-electron chi connectivity index (χ4n) is 3.39. The number of benzene rings is 2. The maximum Gasteiger partial charge on any atom is 0.193 e. The zero-order chi connectivity index (χ0) is 19.8. The fraction of sp³-hybridized carbons (Fsp3) is 0.174. The van der Waals surface area contributed by atoms with E-state index in [1.54, 1.807) is 0 Å². The number of hydrogen-bond acceptors (Lipinski definition) is 3. The van der Waals surface area contributed by atoms with Gasteiger partial charge in [0, 0.05) is 47.7 Å². The van der Waals surface area contributed by atoms with Crippen molar-refractivity contribution in [3.05, 3.63) is 83.4 Å². The number of aryl methyl sites for hydroxylation is 2. The van der Waals surface area contributed by atoms with Crippen molar-refractivity contribution in [3.63, 3.8) is 0 Å². The molecule has 5 nitrogen and oxygen atoms in total. The summed E-state index contributed by atoms with van der Waals surface area (Å²) in [5, 5.41) is 8.61. The number of rotatable bonds is 4. The topological polar surface area (TPSA) is 52.7 Å².